The quantitative estimate of drug-likeness (QED) is 0.343. The van der Waals surface area contributed by atoms with E-state index in [9.17, 15) is 30.0 Å². The fourth-order valence-electron chi connectivity index (χ4n) is 4.03. The Morgan fingerprint density at radius 1 is 1.00 bits per heavy atom. The molecule has 182 valence electrons. The van der Waals surface area contributed by atoms with Crippen molar-refractivity contribution < 1.29 is 44.2 Å². The second kappa shape index (κ2) is 10.5. The molecule has 0 radical (unpaired) electrons. The Labute approximate surface area is 195 Å². The van der Waals surface area contributed by atoms with Gasteiger partial charge in [-0.3, -0.25) is 9.59 Å². The Balaban J connectivity index is 1.29. The van der Waals surface area contributed by atoms with Crippen LogP contribution in [0.25, 0.3) is 0 Å². The molecular formula is C24H27NO9. The van der Waals surface area contributed by atoms with E-state index in [0.29, 0.717) is 17.7 Å². The highest BCUT2D eigenvalue weighted by Crippen LogP contribution is 2.34. The summed E-state index contributed by atoms with van der Waals surface area (Å²) in [7, 11) is 0. The zero-order chi connectivity index (χ0) is 24.2. The number of ether oxygens (including phenoxy) is 3. The highest BCUT2D eigenvalue weighted by Gasteiger charge is 2.45. The number of hydrogen-bond donors (Lipinski definition) is 5. The predicted molar refractivity (Wildman–Crippen MR) is 118 cm³/mol. The number of esters is 1. The molecule has 2 aliphatic heterocycles. The lowest BCUT2D eigenvalue weighted by atomic mass is 9.97. The van der Waals surface area contributed by atoms with Crippen LogP contribution in [0.3, 0.4) is 0 Å². The van der Waals surface area contributed by atoms with Gasteiger partial charge in [-0.05, 0) is 35.7 Å². The number of phenols is 1. The minimum absolute atomic E-state index is 0.137. The van der Waals surface area contributed by atoms with Gasteiger partial charge in [0, 0.05) is 5.69 Å². The van der Waals surface area contributed by atoms with E-state index in [4.69, 9.17) is 14.2 Å². The van der Waals surface area contributed by atoms with Gasteiger partial charge in [0.25, 0.3) is 0 Å². The largest absolute Gasteiger partial charge is 0.508 e. The number of fused-ring (bicyclic) bond motifs is 1. The Hall–Kier alpha value is -3.02. The Morgan fingerprint density at radius 3 is 2.50 bits per heavy atom. The molecule has 2 heterocycles. The minimum Gasteiger partial charge on any atom is -0.508 e. The number of benzene rings is 2. The van der Waals surface area contributed by atoms with E-state index >= 15 is 0 Å². The molecule has 1 amide bonds. The first kappa shape index (κ1) is 24.1. The summed E-state index contributed by atoms with van der Waals surface area (Å²) in [6.07, 6.45) is -6.68. The van der Waals surface area contributed by atoms with Gasteiger partial charge >= 0.3 is 5.97 Å². The number of aliphatic hydroxyl groups is 3. The predicted octanol–water partition coefficient (Wildman–Crippen LogP) is 0.428. The zero-order valence-electron chi connectivity index (χ0n) is 18.2. The summed E-state index contributed by atoms with van der Waals surface area (Å²) < 4.78 is 16.3. The number of aromatic hydroxyl groups is 1. The van der Waals surface area contributed by atoms with Gasteiger partial charge in [-0.2, -0.15) is 0 Å². The summed E-state index contributed by atoms with van der Waals surface area (Å²) >= 11 is 0. The van der Waals surface area contributed by atoms with Crippen molar-refractivity contribution in [1.82, 2.24) is 0 Å². The van der Waals surface area contributed by atoms with E-state index in [0.717, 1.165) is 5.56 Å². The van der Waals surface area contributed by atoms with E-state index in [1.54, 1.807) is 48.5 Å². The highest BCUT2D eigenvalue weighted by molar-refractivity contribution is 6.04. The molecule has 1 saturated heterocycles. The highest BCUT2D eigenvalue weighted by atomic mass is 16.7. The van der Waals surface area contributed by atoms with Crippen LogP contribution < -0.4 is 5.32 Å². The van der Waals surface area contributed by atoms with E-state index in [2.05, 4.69) is 5.32 Å². The fraction of sp³-hybridized carbons (Fsp3) is 0.417. The zero-order valence-corrected chi connectivity index (χ0v) is 18.2. The topological polar surface area (TPSA) is 155 Å². The molecule has 0 saturated carbocycles. The number of carbonyl (C=O) groups excluding carboxylic acids is 2. The fourth-order valence-corrected chi connectivity index (χ4v) is 4.03. The minimum atomic E-state index is -1.57. The summed E-state index contributed by atoms with van der Waals surface area (Å²) in [6.45, 7) is -0.254. The van der Waals surface area contributed by atoms with Gasteiger partial charge in [0.15, 0.2) is 6.29 Å². The van der Waals surface area contributed by atoms with E-state index in [-0.39, 0.29) is 24.7 Å². The molecule has 0 unspecified atom stereocenters. The second-order valence-corrected chi connectivity index (χ2v) is 8.32. The lowest BCUT2D eigenvalue weighted by Gasteiger charge is -2.40. The number of amides is 1. The van der Waals surface area contributed by atoms with Crippen molar-refractivity contribution >= 4 is 17.6 Å². The van der Waals surface area contributed by atoms with Crippen LogP contribution in [0.4, 0.5) is 5.69 Å². The van der Waals surface area contributed by atoms with Crippen LogP contribution in [0, 0.1) is 0 Å². The molecule has 34 heavy (non-hydrogen) atoms. The standard InChI is InChI=1S/C24H27NO9/c26-14-7-5-13(6-8-14)9-10-32-24-22(30)21(29)20(28)18(34-24)12-33-19(27)11-16-15-3-1-2-4-17(15)25-23(16)31/h1-8,16,18,20-22,24,26,28-30H,9-12H2,(H,25,31)/t16-,18+,20+,21-,22+,24+/m0/s1. The molecular weight excluding hydrogens is 446 g/mol. The summed E-state index contributed by atoms with van der Waals surface area (Å²) in [6, 6.07) is 13.6. The third-order valence-electron chi connectivity index (χ3n) is 5.97. The van der Waals surface area contributed by atoms with E-state index in [1.165, 1.54) is 0 Å². The maximum absolute atomic E-state index is 12.4. The number of hydrogen-bond acceptors (Lipinski definition) is 9. The van der Waals surface area contributed by atoms with Crippen molar-refractivity contribution in [3.05, 3.63) is 59.7 Å². The average molecular weight is 473 g/mol. The van der Waals surface area contributed by atoms with Gasteiger partial charge in [0.1, 0.15) is 36.8 Å². The lowest BCUT2D eigenvalue weighted by Crippen LogP contribution is -2.59. The molecule has 5 N–H and O–H groups in total. The van der Waals surface area contributed by atoms with Gasteiger partial charge in [-0.15, -0.1) is 0 Å². The van der Waals surface area contributed by atoms with Gasteiger partial charge in [0.2, 0.25) is 5.91 Å². The van der Waals surface area contributed by atoms with Crippen LogP contribution in [0.15, 0.2) is 48.5 Å². The van der Waals surface area contributed by atoms with Crippen molar-refractivity contribution in [1.29, 1.82) is 0 Å². The molecule has 0 bridgehead atoms. The first-order valence-corrected chi connectivity index (χ1v) is 11.0. The Kier molecular flexibility index (Phi) is 7.44. The van der Waals surface area contributed by atoms with Gasteiger partial charge in [-0.1, -0.05) is 30.3 Å². The van der Waals surface area contributed by atoms with Crippen LogP contribution in [0.5, 0.6) is 5.75 Å². The van der Waals surface area contributed by atoms with Crippen LogP contribution in [-0.2, 0) is 30.2 Å². The third kappa shape index (κ3) is 5.37. The normalized spacial score (nSPS) is 28.3. The average Bonchev–Trinajstić information content (AvgIpc) is 3.14. The van der Waals surface area contributed by atoms with Crippen molar-refractivity contribution in [3.8, 4) is 5.75 Å². The number of aliphatic hydroxyl groups excluding tert-OH is 3. The SMILES string of the molecule is O=C(C[C@@H]1C(=O)Nc2ccccc21)OC[C@H]1O[C@@H](OCCc2ccc(O)cc2)[C@H](O)[C@@H](O)[C@@H]1O. The second-order valence-electron chi connectivity index (χ2n) is 8.32. The number of rotatable bonds is 8. The molecule has 6 atom stereocenters. The van der Waals surface area contributed by atoms with E-state index < -0.39 is 49.2 Å². The molecule has 4 rings (SSSR count). The molecule has 2 aromatic rings. The molecule has 0 aliphatic carbocycles. The first-order valence-electron chi connectivity index (χ1n) is 11.0. The molecule has 2 aromatic carbocycles. The van der Waals surface area contributed by atoms with Crippen molar-refractivity contribution in [2.75, 3.05) is 18.5 Å². The van der Waals surface area contributed by atoms with Crippen LogP contribution in [0.2, 0.25) is 0 Å². The summed E-state index contributed by atoms with van der Waals surface area (Å²) in [5, 5.41) is 42.7. The van der Waals surface area contributed by atoms with Crippen molar-refractivity contribution in [2.45, 2.75) is 49.5 Å². The summed E-state index contributed by atoms with van der Waals surface area (Å²) in [4.78, 5) is 24.6. The molecule has 2 aliphatic rings. The number of carbonyl (C=O) groups is 2. The molecule has 0 spiro atoms. The van der Waals surface area contributed by atoms with Crippen LogP contribution >= 0.6 is 0 Å². The van der Waals surface area contributed by atoms with Crippen LogP contribution in [-0.4, -0.2) is 76.2 Å². The van der Waals surface area contributed by atoms with E-state index in [1.807, 2.05) is 0 Å². The molecule has 1 fully saturated rings. The smallest absolute Gasteiger partial charge is 0.307 e. The number of anilines is 1. The third-order valence-corrected chi connectivity index (χ3v) is 5.97. The first-order chi connectivity index (χ1) is 16.3. The van der Waals surface area contributed by atoms with Crippen LogP contribution in [0.1, 0.15) is 23.5 Å². The Morgan fingerprint density at radius 2 is 1.74 bits per heavy atom. The van der Waals surface area contributed by atoms with Gasteiger partial charge in [-0.25, -0.2) is 0 Å². The lowest BCUT2D eigenvalue weighted by molar-refractivity contribution is -0.301. The number of para-hydroxylation sites is 1. The maximum atomic E-state index is 12.4. The number of nitrogens with one attached hydrogen (secondary N) is 1. The molecule has 10 heteroatoms. The number of phenolic OH excluding ortho intramolecular Hbond substituents is 1. The van der Waals surface area contributed by atoms with Gasteiger partial charge < -0.3 is 40.0 Å². The summed E-state index contributed by atoms with van der Waals surface area (Å²) in [5.41, 5.74) is 2.24. The van der Waals surface area contributed by atoms with Crippen molar-refractivity contribution in [2.24, 2.45) is 0 Å². The van der Waals surface area contributed by atoms with Gasteiger partial charge in [0.05, 0.1) is 18.9 Å². The molecule has 0 aromatic heterocycles. The van der Waals surface area contributed by atoms with Crippen molar-refractivity contribution in [3.63, 3.8) is 0 Å². The maximum Gasteiger partial charge on any atom is 0.307 e. The molecule has 10 nitrogen and oxygen atoms in total. The monoisotopic (exact) mass is 473 g/mol. The Bertz CT molecular complexity index is 1010. The summed E-state index contributed by atoms with van der Waals surface area (Å²) in [5.74, 6) is -1.50.